The molecular formula is C13H14N4O. The fourth-order valence-electron chi connectivity index (χ4n) is 2.10. The van der Waals surface area contributed by atoms with Gasteiger partial charge in [-0.1, -0.05) is 30.3 Å². The van der Waals surface area contributed by atoms with E-state index in [4.69, 9.17) is 0 Å². The summed E-state index contributed by atoms with van der Waals surface area (Å²) in [5.41, 5.74) is 1.96. The molecule has 1 aromatic heterocycles. The van der Waals surface area contributed by atoms with Gasteiger partial charge in [-0.15, -0.1) is 0 Å². The van der Waals surface area contributed by atoms with Crippen molar-refractivity contribution >= 4 is 12.2 Å². The number of nitrogens with one attached hydrogen (secondary N) is 1. The standard InChI is InChI=1S/C13H14N4O/c18-11-6-14-8-15-13-12(11)17(9-16-13)7-10-4-2-1-3-5-10/h1-5,8-9,11,18H,6-7H2,(H,14,15). The van der Waals surface area contributed by atoms with Crippen LogP contribution in [0.2, 0.25) is 0 Å². The molecule has 18 heavy (non-hydrogen) atoms. The van der Waals surface area contributed by atoms with E-state index in [1.54, 1.807) is 12.7 Å². The predicted molar refractivity (Wildman–Crippen MR) is 69.7 cm³/mol. The molecule has 0 amide bonds. The number of aliphatic imine (C=N–C) groups is 1. The first-order chi connectivity index (χ1) is 8.84. The normalized spacial score (nSPS) is 17.9. The summed E-state index contributed by atoms with van der Waals surface area (Å²) in [7, 11) is 0. The maximum Gasteiger partial charge on any atom is 0.155 e. The summed E-state index contributed by atoms with van der Waals surface area (Å²) in [6.45, 7) is 1.06. The van der Waals surface area contributed by atoms with Gasteiger partial charge in [0.25, 0.3) is 0 Å². The van der Waals surface area contributed by atoms with E-state index in [2.05, 4.69) is 27.4 Å². The highest BCUT2D eigenvalue weighted by Crippen LogP contribution is 2.24. The van der Waals surface area contributed by atoms with Gasteiger partial charge in [0.1, 0.15) is 6.10 Å². The van der Waals surface area contributed by atoms with Crippen molar-refractivity contribution in [1.29, 1.82) is 0 Å². The number of hydrogen-bond acceptors (Lipinski definition) is 4. The smallest absolute Gasteiger partial charge is 0.155 e. The predicted octanol–water partition coefficient (Wildman–Crippen LogP) is 1.42. The number of aliphatic hydroxyl groups is 1. The Labute approximate surface area is 105 Å². The van der Waals surface area contributed by atoms with Crippen LogP contribution in [0, 0.1) is 0 Å². The number of imidazole rings is 1. The second-order valence-electron chi connectivity index (χ2n) is 4.25. The highest BCUT2D eigenvalue weighted by molar-refractivity contribution is 5.75. The molecule has 0 radical (unpaired) electrons. The van der Waals surface area contributed by atoms with Crippen LogP contribution in [0.1, 0.15) is 17.4 Å². The van der Waals surface area contributed by atoms with Crippen LogP contribution in [0.15, 0.2) is 41.7 Å². The van der Waals surface area contributed by atoms with Crippen LogP contribution < -0.4 is 5.32 Å². The molecule has 5 heteroatoms. The summed E-state index contributed by atoms with van der Waals surface area (Å²) in [5, 5.41) is 13.1. The Morgan fingerprint density at radius 1 is 1.33 bits per heavy atom. The van der Waals surface area contributed by atoms with Crippen LogP contribution in [0.3, 0.4) is 0 Å². The van der Waals surface area contributed by atoms with Crippen molar-refractivity contribution in [2.45, 2.75) is 12.6 Å². The van der Waals surface area contributed by atoms with Crippen LogP contribution in [-0.2, 0) is 6.54 Å². The van der Waals surface area contributed by atoms with Gasteiger partial charge >= 0.3 is 0 Å². The van der Waals surface area contributed by atoms with Gasteiger partial charge in [0, 0.05) is 6.54 Å². The first-order valence-electron chi connectivity index (χ1n) is 5.86. The zero-order valence-electron chi connectivity index (χ0n) is 9.82. The van der Waals surface area contributed by atoms with Crippen LogP contribution in [0.5, 0.6) is 0 Å². The quantitative estimate of drug-likeness (QED) is 0.837. The third-order valence-electron chi connectivity index (χ3n) is 2.96. The minimum Gasteiger partial charge on any atom is -0.385 e. The number of aromatic nitrogens is 2. The lowest BCUT2D eigenvalue weighted by Crippen LogP contribution is -2.10. The summed E-state index contributed by atoms with van der Waals surface area (Å²) in [5.74, 6) is 0.680. The van der Waals surface area contributed by atoms with Gasteiger partial charge in [0.2, 0.25) is 0 Å². The Kier molecular flexibility index (Phi) is 2.82. The number of hydrogen-bond donors (Lipinski definition) is 2. The molecule has 0 bridgehead atoms. The van der Waals surface area contributed by atoms with Crippen molar-refractivity contribution < 1.29 is 5.11 Å². The largest absolute Gasteiger partial charge is 0.385 e. The minimum absolute atomic E-state index is 0.362. The second kappa shape index (κ2) is 4.62. The van der Waals surface area contributed by atoms with Crippen molar-refractivity contribution in [2.24, 2.45) is 4.99 Å². The molecule has 2 heterocycles. The van der Waals surface area contributed by atoms with E-state index in [1.165, 1.54) is 5.56 Å². The molecule has 0 spiro atoms. The molecule has 92 valence electrons. The van der Waals surface area contributed by atoms with Crippen molar-refractivity contribution in [1.82, 2.24) is 9.55 Å². The Hall–Kier alpha value is -2.14. The Bertz CT molecular complexity index is 562. The summed E-state index contributed by atoms with van der Waals surface area (Å²) in [6, 6.07) is 10.1. The first-order valence-corrected chi connectivity index (χ1v) is 5.86. The molecule has 3 rings (SSSR count). The van der Waals surface area contributed by atoms with Gasteiger partial charge in [-0.25, -0.2) is 4.98 Å². The van der Waals surface area contributed by atoms with E-state index in [9.17, 15) is 5.11 Å². The number of rotatable bonds is 2. The Balaban J connectivity index is 1.93. The lowest BCUT2D eigenvalue weighted by Gasteiger charge is -2.12. The molecule has 1 atom stereocenters. The Morgan fingerprint density at radius 2 is 2.17 bits per heavy atom. The van der Waals surface area contributed by atoms with Crippen LogP contribution >= 0.6 is 0 Å². The highest BCUT2D eigenvalue weighted by Gasteiger charge is 2.20. The second-order valence-corrected chi connectivity index (χ2v) is 4.25. The van der Waals surface area contributed by atoms with E-state index in [0.29, 0.717) is 18.9 Å². The molecule has 0 fully saturated rings. The number of fused-ring (bicyclic) bond motifs is 1. The van der Waals surface area contributed by atoms with Crippen molar-refractivity contribution in [3.05, 3.63) is 47.9 Å². The molecule has 0 saturated carbocycles. The lowest BCUT2D eigenvalue weighted by molar-refractivity contribution is 0.179. The van der Waals surface area contributed by atoms with Crippen LogP contribution in [0.25, 0.3) is 0 Å². The molecule has 1 unspecified atom stereocenters. The average molecular weight is 242 g/mol. The third kappa shape index (κ3) is 2.00. The van der Waals surface area contributed by atoms with Crippen LogP contribution in [0.4, 0.5) is 5.82 Å². The number of benzene rings is 1. The van der Waals surface area contributed by atoms with Crippen molar-refractivity contribution in [3.63, 3.8) is 0 Å². The summed E-state index contributed by atoms with van der Waals surface area (Å²) in [4.78, 5) is 8.31. The fourth-order valence-corrected chi connectivity index (χ4v) is 2.10. The van der Waals surface area contributed by atoms with E-state index in [1.807, 2.05) is 22.8 Å². The zero-order valence-corrected chi connectivity index (χ0v) is 9.82. The molecule has 0 saturated heterocycles. The third-order valence-corrected chi connectivity index (χ3v) is 2.96. The molecule has 1 aromatic carbocycles. The molecule has 0 aliphatic carbocycles. The molecule has 5 nitrogen and oxygen atoms in total. The van der Waals surface area contributed by atoms with Gasteiger partial charge in [0.15, 0.2) is 5.82 Å². The van der Waals surface area contributed by atoms with Gasteiger partial charge in [0.05, 0.1) is 24.9 Å². The van der Waals surface area contributed by atoms with Crippen molar-refractivity contribution in [3.8, 4) is 0 Å². The summed E-state index contributed by atoms with van der Waals surface area (Å²) >= 11 is 0. The lowest BCUT2D eigenvalue weighted by atomic mass is 10.2. The van der Waals surface area contributed by atoms with Crippen LogP contribution in [-0.4, -0.2) is 27.5 Å². The molecule has 2 aromatic rings. The first kappa shape index (κ1) is 11.0. The van der Waals surface area contributed by atoms with Crippen molar-refractivity contribution in [2.75, 3.05) is 11.9 Å². The van der Waals surface area contributed by atoms with E-state index >= 15 is 0 Å². The number of nitrogens with zero attached hydrogens (tertiary/aromatic N) is 3. The number of anilines is 1. The van der Waals surface area contributed by atoms with E-state index in [0.717, 1.165) is 5.69 Å². The van der Waals surface area contributed by atoms with Gasteiger partial charge in [-0.2, -0.15) is 0 Å². The van der Waals surface area contributed by atoms with E-state index < -0.39 is 6.10 Å². The Morgan fingerprint density at radius 3 is 3.00 bits per heavy atom. The molecule has 1 aliphatic rings. The summed E-state index contributed by atoms with van der Waals surface area (Å²) < 4.78 is 1.96. The van der Waals surface area contributed by atoms with Gasteiger partial charge in [-0.3, -0.25) is 4.99 Å². The van der Waals surface area contributed by atoms with Gasteiger partial charge < -0.3 is 15.0 Å². The maximum absolute atomic E-state index is 10.1. The topological polar surface area (TPSA) is 62.4 Å². The van der Waals surface area contributed by atoms with E-state index in [-0.39, 0.29) is 0 Å². The highest BCUT2D eigenvalue weighted by atomic mass is 16.3. The monoisotopic (exact) mass is 242 g/mol. The SMILES string of the molecule is OC1CN=CNc2ncn(Cc3ccccc3)c21. The summed E-state index contributed by atoms with van der Waals surface area (Å²) in [6.07, 6.45) is 2.71. The number of aliphatic hydroxyl groups excluding tert-OH is 1. The molecular weight excluding hydrogens is 228 g/mol. The average Bonchev–Trinajstić information content (AvgIpc) is 2.69. The van der Waals surface area contributed by atoms with Gasteiger partial charge in [-0.05, 0) is 5.56 Å². The zero-order chi connectivity index (χ0) is 12.4. The minimum atomic E-state index is -0.613. The molecule has 2 N–H and O–H groups in total. The maximum atomic E-state index is 10.1. The fraction of sp³-hybridized carbons (Fsp3) is 0.231. The molecule has 1 aliphatic heterocycles.